The van der Waals surface area contributed by atoms with Crippen LogP contribution in [0.1, 0.15) is 25.3 Å². The quantitative estimate of drug-likeness (QED) is 0.675. The fourth-order valence-electron chi connectivity index (χ4n) is 2.31. The maximum Gasteiger partial charge on any atom is 0.261 e. The monoisotopic (exact) mass is 365 g/mol. The maximum absolute atomic E-state index is 12.2. The SMILES string of the molecule is CCC(Oc1ccc(Cl)cc1)C(=O)NCCCc1ccccc1Cl. The highest BCUT2D eigenvalue weighted by Gasteiger charge is 2.17. The van der Waals surface area contributed by atoms with Gasteiger partial charge in [0.05, 0.1) is 0 Å². The van der Waals surface area contributed by atoms with E-state index in [1.54, 1.807) is 24.3 Å². The highest BCUT2D eigenvalue weighted by Crippen LogP contribution is 2.18. The number of halogens is 2. The van der Waals surface area contributed by atoms with Gasteiger partial charge in [0, 0.05) is 16.6 Å². The van der Waals surface area contributed by atoms with Crippen molar-refractivity contribution < 1.29 is 9.53 Å². The smallest absolute Gasteiger partial charge is 0.261 e. The Bertz CT molecular complexity index is 659. The number of hydrogen-bond acceptors (Lipinski definition) is 2. The Morgan fingerprint density at radius 2 is 1.83 bits per heavy atom. The Balaban J connectivity index is 1.77. The number of amides is 1. The van der Waals surface area contributed by atoms with Crippen molar-refractivity contribution >= 4 is 29.1 Å². The zero-order valence-electron chi connectivity index (χ0n) is 13.6. The van der Waals surface area contributed by atoms with Gasteiger partial charge in [-0.1, -0.05) is 48.3 Å². The summed E-state index contributed by atoms with van der Waals surface area (Å²) < 4.78 is 5.72. The maximum atomic E-state index is 12.2. The predicted molar refractivity (Wildman–Crippen MR) is 98.9 cm³/mol. The summed E-state index contributed by atoms with van der Waals surface area (Å²) in [6, 6.07) is 14.8. The van der Waals surface area contributed by atoms with Gasteiger partial charge < -0.3 is 10.1 Å². The van der Waals surface area contributed by atoms with E-state index in [1.807, 2.05) is 31.2 Å². The first-order valence-corrected chi connectivity index (χ1v) is 8.79. The summed E-state index contributed by atoms with van der Waals surface area (Å²) in [5.74, 6) is 0.532. The molecule has 5 heteroatoms. The summed E-state index contributed by atoms with van der Waals surface area (Å²) in [5.41, 5.74) is 1.10. The van der Waals surface area contributed by atoms with Gasteiger partial charge in [-0.2, -0.15) is 0 Å². The Labute approximate surface area is 152 Å². The third-order valence-corrected chi connectivity index (χ3v) is 4.26. The molecule has 1 amide bonds. The molecule has 3 nitrogen and oxygen atoms in total. The van der Waals surface area contributed by atoms with Crippen LogP contribution in [0.5, 0.6) is 5.75 Å². The molecule has 24 heavy (non-hydrogen) atoms. The molecule has 0 aliphatic heterocycles. The van der Waals surface area contributed by atoms with Crippen LogP contribution in [-0.2, 0) is 11.2 Å². The van der Waals surface area contributed by atoms with Crippen molar-refractivity contribution in [3.8, 4) is 5.75 Å². The minimum atomic E-state index is -0.508. The fraction of sp³-hybridized carbons (Fsp3) is 0.316. The highest BCUT2D eigenvalue weighted by molar-refractivity contribution is 6.31. The molecule has 1 atom stereocenters. The van der Waals surface area contributed by atoms with E-state index in [9.17, 15) is 4.79 Å². The number of nitrogens with one attached hydrogen (secondary N) is 1. The van der Waals surface area contributed by atoms with E-state index in [0.717, 1.165) is 23.4 Å². The van der Waals surface area contributed by atoms with Crippen LogP contribution in [-0.4, -0.2) is 18.6 Å². The van der Waals surface area contributed by atoms with Crippen LogP contribution in [0.2, 0.25) is 10.0 Å². The van der Waals surface area contributed by atoms with Crippen LogP contribution in [0.4, 0.5) is 0 Å². The highest BCUT2D eigenvalue weighted by atomic mass is 35.5. The standard InChI is InChI=1S/C19H21Cl2NO2/c1-2-18(24-16-11-9-15(20)10-12-16)19(23)22-13-5-7-14-6-3-4-8-17(14)21/h3-4,6,8-12,18H,2,5,7,13H2,1H3,(H,22,23). The van der Waals surface area contributed by atoms with Gasteiger partial charge in [0.2, 0.25) is 0 Å². The molecule has 1 unspecified atom stereocenters. The molecule has 0 aromatic heterocycles. The third kappa shape index (κ3) is 5.73. The minimum Gasteiger partial charge on any atom is -0.481 e. The zero-order valence-corrected chi connectivity index (χ0v) is 15.1. The summed E-state index contributed by atoms with van der Waals surface area (Å²) in [4.78, 5) is 12.2. The number of rotatable bonds is 8. The lowest BCUT2D eigenvalue weighted by atomic mass is 10.1. The molecule has 0 radical (unpaired) electrons. The molecule has 1 N–H and O–H groups in total. The van der Waals surface area contributed by atoms with Gasteiger partial charge in [-0.3, -0.25) is 4.79 Å². The molecular weight excluding hydrogens is 345 g/mol. The van der Waals surface area contributed by atoms with Crippen LogP contribution in [0.15, 0.2) is 48.5 Å². The lowest BCUT2D eigenvalue weighted by Gasteiger charge is -2.17. The Morgan fingerprint density at radius 1 is 1.12 bits per heavy atom. The fourth-order valence-corrected chi connectivity index (χ4v) is 2.66. The molecule has 0 heterocycles. The van der Waals surface area contributed by atoms with Crippen molar-refractivity contribution in [3.63, 3.8) is 0 Å². The van der Waals surface area contributed by atoms with Gasteiger partial charge in [0.1, 0.15) is 5.75 Å². The molecular formula is C19H21Cl2NO2. The second-order valence-corrected chi connectivity index (χ2v) is 6.30. The molecule has 0 spiro atoms. The Kier molecular flexibility index (Phi) is 7.41. The molecule has 2 aromatic carbocycles. The summed E-state index contributed by atoms with van der Waals surface area (Å²) in [7, 11) is 0. The average molecular weight is 366 g/mol. The van der Waals surface area contributed by atoms with Crippen LogP contribution >= 0.6 is 23.2 Å². The second kappa shape index (κ2) is 9.55. The zero-order chi connectivity index (χ0) is 17.4. The topological polar surface area (TPSA) is 38.3 Å². The van der Waals surface area contributed by atoms with Gasteiger partial charge in [-0.15, -0.1) is 0 Å². The molecule has 0 aliphatic carbocycles. The van der Waals surface area contributed by atoms with Crippen LogP contribution < -0.4 is 10.1 Å². The molecule has 0 saturated heterocycles. The Morgan fingerprint density at radius 3 is 2.50 bits per heavy atom. The van der Waals surface area contributed by atoms with Gasteiger partial charge in [-0.05, 0) is 55.2 Å². The van der Waals surface area contributed by atoms with Gasteiger partial charge in [0.15, 0.2) is 6.10 Å². The molecule has 0 bridgehead atoms. The van der Waals surface area contributed by atoms with E-state index in [0.29, 0.717) is 23.7 Å². The number of benzene rings is 2. The van der Waals surface area contributed by atoms with Gasteiger partial charge >= 0.3 is 0 Å². The van der Waals surface area contributed by atoms with E-state index < -0.39 is 6.10 Å². The third-order valence-electron chi connectivity index (χ3n) is 3.64. The van der Waals surface area contributed by atoms with Crippen molar-refractivity contribution in [2.24, 2.45) is 0 Å². The molecule has 0 aliphatic rings. The van der Waals surface area contributed by atoms with E-state index in [2.05, 4.69) is 5.32 Å². The number of ether oxygens (including phenoxy) is 1. The first-order valence-electron chi connectivity index (χ1n) is 8.03. The summed E-state index contributed by atoms with van der Waals surface area (Å²) in [6.45, 7) is 2.51. The van der Waals surface area contributed by atoms with E-state index >= 15 is 0 Å². The van der Waals surface area contributed by atoms with Crippen LogP contribution in [0.25, 0.3) is 0 Å². The Hall–Kier alpha value is -1.71. The first-order chi connectivity index (χ1) is 11.6. The molecule has 0 fully saturated rings. The van der Waals surface area contributed by atoms with Crippen molar-refractivity contribution in [1.29, 1.82) is 0 Å². The minimum absolute atomic E-state index is 0.105. The largest absolute Gasteiger partial charge is 0.481 e. The van der Waals surface area contributed by atoms with Gasteiger partial charge in [0.25, 0.3) is 5.91 Å². The van der Waals surface area contributed by atoms with Gasteiger partial charge in [-0.25, -0.2) is 0 Å². The van der Waals surface area contributed by atoms with E-state index in [4.69, 9.17) is 27.9 Å². The summed E-state index contributed by atoms with van der Waals surface area (Å²) in [5, 5.41) is 4.33. The summed E-state index contributed by atoms with van der Waals surface area (Å²) in [6.07, 6.45) is 1.74. The van der Waals surface area contributed by atoms with E-state index in [1.165, 1.54) is 0 Å². The average Bonchev–Trinajstić information content (AvgIpc) is 2.59. The molecule has 0 saturated carbocycles. The van der Waals surface area contributed by atoms with Crippen LogP contribution in [0.3, 0.4) is 0 Å². The van der Waals surface area contributed by atoms with Crippen molar-refractivity contribution in [1.82, 2.24) is 5.32 Å². The van der Waals surface area contributed by atoms with E-state index in [-0.39, 0.29) is 5.91 Å². The molecule has 2 aromatic rings. The molecule has 128 valence electrons. The number of aryl methyl sites for hydroxylation is 1. The summed E-state index contributed by atoms with van der Waals surface area (Å²) >= 11 is 12.0. The normalized spacial score (nSPS) is 11.8. The second-order valence-electron chi connectivity index (χ2n) is 5.45. The lowest BCUT2D eigenvalue weighted by molar-refractivity contribution is -0.128. The molecule has 2 rings (SSSR count). The van der Waals surface area contributed by atoms with Crippen molar-refractivity contribution in [2.45, 2.75) is 32.3 Å². The van der Waals surface area contributed by atoms with Crippen molar-refractivity contribution in [3.05, 3.63) is 64.1 Å². The number of carbonyl (C=O) groups is 1. The number of carbonyl (C=O) groups excluding carboxylic acids is 1. The van der Waals surface area contributed by atoms with Crippen LogP contribution in [0, 0.1) is 0 Å². The lowest BCUT2D eigenvalue weighted by Crippen LogP contribution is -2.38. The first kappa shape index (κ1) is 18.6. The number of hydrogen-bond donors (Lipinski definition) is 1. The van der Waals surface area contributed by atoms with Crippen molar-refractivity contribution in [2.75, 3.05) is 6.54 Å². The predicted octanol–water partition coefficient (Wildman–Crippen LogP) is 4.90.